The average molecular weight is 267 g/mol. The molecule has 2 rings (SSSR count). The van der Waals surface area contributed by atoms with Gasteiger partial charge in [0.25, 0.3) is 5.56 Å². The zero-order chi connectivity index (χ0) is 13.8. The number of amides is 1. The van der Waals surface area contributed by atoms with Crippen LogP contribution in [0.2, 0.25) is 0 Å². The van der Waals surface area contributed by atoms with Gasteiger partial charge in [-0.25, -0.2) is 4.79 Å². The molecule has 0 saturated carbocycles. The Morgan fingerprint density at radius 2 is 2.21 bits per heavy atom. The molecule has 7 nitrogen and oxygen atoms in total. The second-order valence-corrected chi connectivity index (χ2v) is 4.80. The lowest BCUT2D eigenvalue weighted by atomic mass is 10.1. The van der Waals surface area contributed by atoms with Gasteiger partial charge in [-0.15, -0.1) is 0 Å². The number of likely N-dealkylation sites (tertiary alicyclic amines) is 1. The number of nitrogens with one attached hydrogen (secondary N) is 2. The van der Waals surface area contributed by atoms with Crippen molar-refractivity contribution in [1.82, 2.24) is 14.9 Å². The largest absolute Gasteiger partial charge is 0.396 e. The van der Waals surface area contributed by atoms with E-state index in [1.54, 1.807) is 4.90 Å². The monoisotopic (exact) mass is 267 g/mol. The van der Waals surface area contributed by atoms with E-state index in [-0.39, 0.29) is 18.9 Å². The molecule has 1 unspecified atom stereocenters. The summed E-state index contributed by atoms with van der Waals surface area (Å²) in [5.74, 6) is 0.230. The number of H-pyrrole nitrogens is 2. The van der Waals surface area contributed by atoms with Crippen LogP contribution in [0.1, 0.15) is 18.5 Å². The summed E-state index contributed by atoms with van der Waals surface area (Å²) >= 11 is 0. The molecule has 0 radical (unpaired) electrons. The summed E-state index contributed by atoms with van der Waals surface area (Å²) in [4.78, 5) is 40.4. The fourth-order valence-corrected chi connectivity index (χ4v) is 2.37. The van der Waals surface area contributed by atoms with E-state index in [1.165, 1.54) is 6.07 Å². The number of rotatable bonds is 4. The zero-order valence-corrected chi connectivity index (χ0v) is 10.5. The Hall–Kier alpha value is -1.89. The molecule has 1 aromatic heterocycles. The van der Waals surface area contributed by atoms with Crippen LogP contribution < -0.4 is 11.2 Å². The second-order valence-electron chi connectivity index (χ2n) is 4.80. The summed E-state index contributed by atoms with van der Waals surface area (Å²) in [5, 5.41) is 8.87. The van der Waals surface area contributed by atoms with Crippen LogP contribution in [-0.2, 0) is 11.2 Å². The maximum Gasteiger partial charge on any atom is 0.325 e. The van der Waals surface area contributed by atoms with Crippen LogP contribution in [0.4, 0.5) is 0 Å². The van der Waals surface area contributed by atoms with Crippen molar-refractivity contribution in [3.8, 4) is 0 Å². The second kappa shape index (κ2) is 5.83. The van der Waals surface area contributed by atoms with Gasteiger partial charge in [0.05, 0.1) is 6.42 Å². The molecule has 0 aliphatic carbocycles. The normalized spacial score (nSPS) is 18.8. The minimum atomic E-state index is -0.602. The van der Waals surface area contributed by atoms with Crippen LogP contribution in [0.5, 0.6) is 0 Å². The first-order chi connectivity index (χ1) is 9.08. The summed E-state index contributed by atoms with van der Waals surface area (Å²) in [6.07, 6.45) is 1.61. The Kier molecular flexibility index (Phi) is 4.16. The molecule has 1 aliphatic rings. The van der Waals surface area contributed by atoms with Crippen LogP contribution in [0.25, 0.3) is 0 Å². The SMILES string of the molecule is O=C(Cc1cc(=O)[nH]c(=O)[nH]1)N1CCC(CCO)C1. The molecule has 104 valence electrons. The summed E-state index contributed by atoms with van der Waals surface area (Å²) in [6, 6.07) is 1.22. The molecular formula is C12H17N3O4. The van der Waals surface area contributed by atoms with Crippen LogP contribution in [-0.4, -0.2) is 45.6 Å². The minimum absolute atomic E-state index is 0.0189. The van der Waals surface area contributed by atoms with E-state index in [2.05, 4.69) is 9.97 Å². The highest BCUT2D eigenvalue weighted by Gasteiger charge is 2.25. The molecule has 1 amide bonds. The quantitative estimate of drug-likeness (QED) is 0.639. The third-order valence-electron chi connectivity index (χ3n) is 3.33. The van der Waals surface area contributed by atoms with Crippen molar-refractivity contribution in [3.05, 3.63) is 32.6 Å². The van der Waals surface area contributed by atoms with E-state index >= 15 is 0 Å². The van der Waals surface area contributed by atoms with E-state index in [0.29, 0.717) is 31.1 Å². The van der Waals surface area contributed by atoms with Gasteiger partial charge in [-0.1, -0.05) is 0 Å². The standard InChI is InChI=1S/C12H17N3O4/c16-4-2-8-1-3-15(7-8)11(18)6-9-5-10(17)14-12(19)13-9/h5,8,16H,1-4,6-7H2,(H2,13,14,17,19). The van der Waals surface area contributed by atoms with E-state index < -0.39 is 11.2 Å². The molecule has 2 heterocycles. The van der Waals surface area contributed by atoms with Gasteiger partial charge < -0.3 is 15.0 Å². The van der Waals surface area contributed by atoms with Crippen molar-refractivity contribution in [2.75, 3.05) is 19.7 Å². The van der Waals surface area contributed by atoms with Gasteiger partial charge in [0.2, 0.25) is 5.91 Å². The van der Waals surface area contributed by atoms with Crippen molar-refractivity contribution in [3.63, 3.8) is 0 Å². The Morgan fingerprint density at radius 3 is 2.89 bits per heavy atom. The Labute approximate surface area is 109 Å². The number of aliphatic hydroxyl groups is 1. The minimum Gasteiger partial charge on any atom is -0.396 e. The lowest BCUT2D eigenvalue weighted by Crippen LogP contribution is -2.32. The predicted octanol–water partition coefficient (Wildman–Crippen LogP) is -1.16. The summed E-state index contributed by atoms with van der Waals surface area (Å²) in [6.45, 7) is 1.43. The number of aromatic amines is 2. The molecule has 1 aromatic rings. The lowest BCUT2D eigenvalue weighted by molar-refractivity contribution is -0.129. The zero-order valence-electron chi connectivity index (χ0n) is 10.5. The van der Waals surface area contributed by atoms with E-state index in [0.717, 1.165) is 6.42 Å². The number of aliphatic hydroxyl groups excluding tert-OH is 1. The third-order valence-corrected chi connectivity index (χ3v) is 3.33. The molecule has 19 heavy (non-hydrogen) atoms. The van der Waals surface area contributed by atoms with Crippen LogP contribution in [0.15, 0.2) is 15.7 Å². The first-order valence-corrected chi connectivity index (χ1v) is 6.29. The highest BCUT2D eigenvalue weighted by atomic mass is 16.3. The lowest BCUT2D eigenvalue weighted by Gasteiger charge is -2.16. The van der Waals surface area contributed by atoms with Crippen molar-refractivity contribution >= 4 is 5.91 Å². The number of nitrogens with zero attached hydrogens (tertiary/aromatic N) is 1. The number of carbonyl (C=O) groups is 1. The molecule has 3 N–H and O–H groups in total. The van der Waals surface area contributed by atoms with Gasteiger partial charge in [-0.3, -0.25) is 14.6 Å². The maximum atomic E-state index is 12.0. The first kappa shape index (κ1) is 13.5. The molecule has 1 aliphatic heterocycles. The van der Waals surface area contributed by atoms with Crippen molar-refractivity contribution < 1.29 is 9.90 Å². The summed E-state index contributed by atoms with van der Waals surface area (Å²) in [7, 11) is 0. The summed E-state index contributed by atoms with van der Waals surface area (Å²) in [5.41, 5.74) is -0.787. The maximum absolute atomic E-state index is 12.0. The van der Waals surface area contributed by atoms with Crippen molar-refractivity contribution in [2.24, 2.45) is 5.92 Å². The van der Waals surface area contributed by atoms with Gasteiger partial charge in [-0.05, 0) is 18.8 Å². The number of carbonyl (C=O) groups excluding carboxylic acids is 1. The molecular weight excluding hydrogens is 250 g/mol. The van der Waals surface area contributed by atoms with Crippen molar-refractivity contribution in [2.45, 2.75) is 19.3 Å². The Balaban J connectivity index is 1.98. The van der Waals surface area contributed by atoms with E-state index in [1.807, 2.05) is 0 Å². The Bertz CT molecular complexity index is 534. The average Bonchev–Trinajstić information content (AvgIpc) is 2.76. The van der Waals surface area contributed by atoms with Crippen LogP contribution >= 0.6 is 0 Å². The molecule has 0 spiro atoms. The number of hydrogen-bond acceptors (Lipinski definition) is 4. The van der Waals surface area contributed by atoms with E-state index in [4.69, 9.17) is 5.11 Å². The third kappa shape index (κ3) is 3.54. The molecule has 7 heteroatoms. The smallest absolute Gasteiger partial charge is 0.325 e. The van der Waals surface area contributed by atoms with Gasteiger partial charge in [0.15, 0.2) is 0 Å². The predicted molar refractivity (Wildman–Crippen MR) is 67.8 cm³/mol. The fraction of sp³-hybridized carbons (Fsp3) is 0.583. The van der Waals surface area contributed by atoms with Crippen molar-refractivity contribution in [1.29, 1.82) is 0 Å². The van der Waals surface area contributed by atoms with Gasteiger partial charge in [-0.2, -0.15) is 0 Å². The number of hydrogen-bond donors (Lipinski definition) is 3. The molecule has 1 fully saturated rings. The van der Waals surface area contributed by atoms with Gasteiger partial charge in [0.1, 0.15) is 0 Å². The first-order valence-electron chi connectivity index (χ1n) is 6.29. The molecule has 1 atom stereocenters. The Morgan fingerprint density at radius 1 is 1.42 bits per heavy atom. The molecule has 0 aromatic carbocycles. The van der Waals surface area contributed by atoms with Crippen LogP contribution in [0, 0.1) is 5.92 Å². The van der Waals surface area contributed by atoms with E-state index in [9.17, 15) is 14.4 Å². The highest BCUT2D eigenvalue weighted by molar-refractivity contribution is 5.78. The topological polar surface area (TPSA) is 106 Å². The molecule has 1 saturated heterocycles. The van der Waals surface area contributed by atoms with Gasteiger partial charge in [0, 0.05) is 31.5 Å². The van der Waals surface area contributed by atoms with Crippen LogP contribution in [0.3, 0.4) is 0 Å². The van der Waals surface area contributed by atoms with Gasteiger partial charge >= 0.3 is 5.69 Å². The highest BCUT2D eigenvalue weighted by Crippen LogP contribution is 2.19. The fourth-order valence-electron chi connectivity index (χ4n) is 2.37. The summed E-state index contributed by atoms with van der Waals surface area (Å²) < 4.78 is 0. The molecule has 0 bridgehead atoms. The number of aromatic nitrogens is 2.